The van der Waals surface area contributed by atoms with E-state index in [4.69, 9.17) is 4.74 Å². The fraction of sp³-hybridized carbons (Fsp3) is 0.200. The van der Waals surface area contributed by atoms with Crippen LogP contribution in [0.25, 0.3) is 0 Å². The molecule has 0 bridgehead atoms. The van der Waals surface area contributed by atoms with Crippen molar-refractivity contribution in [2.24, 2.45) is 0 Å². The third-order valence-electron chi connectivity index (χ3n) is 2.88. The zero-order valence-corrected chi connectivity index (χ0v) is 10.5. The predicted molar refractivity (Wildman–Crippen MR) is 66.3 cm³/mol. The van der Waals surface area contributed by atoms with Crippen LogP contribution in [0.4, 0.5) is 13.2 Å². The van der Waals surface area contributed by atoms with Gasteiger partial charge >= 0.3 is 6.18 Å². The molecule has 0 N–H and O–H groups in total. The Kier molecular flexibility index (Phi) is 3.51. The van der Waals surface area contributed by atoms with Gasteiger partial charge in [-0.15, -0.1) is 0 Å². The minimum absolute atomic E-state index is 0.233. The van der Waals surface area contributed by atoms with Gasteiger partial charge in [0.15, 0.2) is 0 Å². The molecule has 1 radical (unpaired) electrons. The number of alkyl halides is 3. The number of halogens is 3. The molecule has 0 saturated heterocycles. The highest BCUT2D eigenvalue weighted by Crippen LogP contribution is 2.38. The molecule has 99 valence electrons. The first-order chi connectivity index (χ1) is 8.89. The Balaban J connectivity index is 2.42. The molecular weight excluding hydrogens is 253 g/mol. The predicted octanol–water partition coefficient (Wildman–Crippen LogP) is 4.91. The lowest BCUT2D eigenvalue weighted by atomic mass is 10.1. The van der Waals surface area contributed by atoms with E-state index >= 15 is 0 Å². The van der Waals surface area contributed by atoms with Gasteiger partial charge in [0.25, 0.3) is 0 Å². The van der Waals surface area contributed by atoms with Gasteiger partial charge in [0, 0.05) is 0 Å². The summed E-state index contributed by atoms with van der Waals surface area (Å²) in [6, 6.07) is 11.4. The first-order valence-electron chi connectivity index (χ1n) is 5.71. The first kappa shape index (κ1) is 13.5. The molecule has 0 aliphatic heterocycles. The summed E-state index contributed by atoms with van der Waals surface area (Å²) in [7, 11) is 0. The van der Waals surface area contributed by atoms with Crippen molar-refractivity contribution in [1.82, 2.24) is 0 Å². The number of aryl methyl sites for hydroxylation is 1. The Morgan fingerprint density at radius 3 is 2.37 bits per heavy atom. The Morgan fingerprint density at radius 2 is 1.68 bits per heavy atom. The second-order valence-corrected chi connectivity index (χ2v) is 4.21. The summed E-state index contributed by atoms with van der Waals surface area (Å²) in [6.07, 6.45) is -4.48. The van der Waals surface area contributed by atoms with Gasteiger partial charge in [-0.25, -0.2) is 0 Å². The Bertz CT molecular complexity index is 588. The van der Waals surface area contributed by atoms with Gasteiger partial charge in [-0.3, -0.25) is 0 Å². The van der Waals surface area contributed by atoms with E-state index in [1.54, 1.807) is 12.1 Å². The van der Waals surface area contributed by atoms with Gasteiger partial charge in [0.05, 0.1) is 0 Å². The van der Waals surface area contributed by atoms with Gasteiger partial charge < -0.3 is 4.74 Å². The third kappa shape index (κ3) is 2.89. The molecule has 19 heavy (non-hydrogen) atoms. The molecule has 0 unspecified atom stereocenters. The SMILES string of the molecule is Cc1cccc(Oc2ccc[c]c2C(F)(F)F)c1C. The lowest BCUT2D eigenvalue weighted by Gasteiger charge is -2.15. The molecule has 0 saturated carbocycles. The van der Waals surface area contributed by atoms with Crippen LogP contribution in [-0.2, 0) is 6.18 Å². The molecule has 2 aromatic carbocycles. The van der Waals surface area contributed by atoms with Crippen molar-refractivity contribution in [3.63, 3.8) is 0 Å². The zero-order chi connectivity index (χ0) is 14.0. The van der Waals surface area contributed by atoms with E-state index < -0.39 is 11.7 Å². The number of benzene rings is 2. The monoisotopic (exact) mass is 265 g/mol. The number of hydrogen-bond acceptors (Lipinski definition) is 1. The summed E-state index contributed by atoms with van der Waals surface area (Å²) in [5, 5.41) is 0. The first-order valence-corrected chi connectivity index (χ1v) is 5.71. The summed E-state index contributed by atoms with van der Waals surface area (Å²) in [5.74, 6) is 0.189. The van der Waals surface area contributed by atoms with Crippen molar-refractivity contribution < 1.29 is 17.9 Å². The van der Waals surface area contributed by atoms with E-state index in [9.17, 15) is 13.2 Å². The van der Waals surface area contributed by atoms with Crippen LogP contribution in [0.1, 0.15) is 16.7 Å². The van der Waals surface area contributed by atoms with Crippen LogP contribution >= 0.6 is 0 Å². The molecule has 0 heterocycles. The van der Waals surface area contributed by atoms with Crippen LogP contribution in [-0.4, -0.2) is 0 Å². The van der Waals surface area contributed by atoms with E-state index in [1.807, 2.05) is 19.9 Å². The van der Waals surface area contributed by atoms with Crippen LogP contribution in [0, 0.1) is 19.9 Å². The van der Waals surface area contributed by atoms with Gasteiger partial charge in [-0.2, -0.15) is 13.2 Å². The van der Waals surface area contributed by atoms with Gasteiger partial charge in [0.1, 0.15) is 17.1 Å². The molecule has 0 aromatic heterocycles. The molecule has 0 amide bonds. The van der Waals surface area contributed by atoms with Crippen molar-refractivity contribution in [1.29, 1.82) is 0 Å². The zero-order valence-electron chi connectivity index (χ0n) is 10.5. The molecule has 2 aromatic rings. The van der Waals surface area contributed by atoms with Gasteiger partial charge in [-0.05, 0) is 43.2 Å². The van der Waals surface area contributed by atoms with E-state index in [1.165, 1.54) is 18.2 Å². The van der Waals surface area contributed by atoms with Crippen LogP contribution in [0.2, 0.25) is 0 Å². The van der Waals surface area contributed by atoms with Crippen LogP contribution in [0.3, 0.4) is 0 Å². The Morgan fingerprint density at radius 1 is 1.00 bits per heavy atom. The standard InChI is InChI=1S/C15H12F3O/c1-10-6-5-9-13(11(10)2)19-14-8-4-3-7-12(14)15(16,17)18/h3-6,8-9H,1-2H3. The second kappa shape index (κ2) is 4.96. The molecule has 0 atom stereocenters. The smallest absolute Gasteiger partial charge is 0.420 e. The summed E-state index contributed by atoms with van der Waals surface area (Å²) < 4.78 is 43.9. The van der Waals surface area contributed by atoms with Crippen molar-refractivity contribution >= 4 is 0 Å². The number of rotatable bonds is 2. The third-order valence-corrected chi connectivity index (χ3v) is 2.88. The summed E-state index contributed by atoms with van der Waals surface area (Å²) in [5.41, 5.74) is 0.890. The van der Waals surface area contributed by atoms with Gasteiger partial charge in [-0.1, -0.05) is 24.3 Å². The highest BCUT2D eigenvalue weighted by atomic mass is 19.4. The highest BCUT2D eigenvalue weighted by Gasteiger charge is 2.34. The average molecular weight is 265 g/mol. The molecule has 0 aliphatic rings. The van der Waals surface area contributed by atoms with Crippen LogP contribution in [0.15, 0.2) is 36.4 Å². The van der Waals surface area contributed by atoms with Gasteiger partial charge in [0.2, 0.25) is 0 Å². The fourth-order valence-corrected chi connectivity index (χ4v) is 1.68. The quantitative estimate of drug-likeness (QED) is 0.749. The summed E-state index contributed by atoms with van der Waals surface area (Å²) >= 11 is 0. The Hall–Kier alpha value is -1.97. The van der Waals surface area contributed by atoms with Crippen LogP contribution in [0.5, 0.6) is 11.5 Å². The van der Waals surface area contributed by atoms with E-state index in [0.29, 0.717) is 5.75 Å². The molecule has 0 fully saturated rings. The second-order valence-electron chi connectivity index (χ2n) is 4.21. The molecule has 0 spiro atoms. The highest BCUT2D eigenvalue weighted by molar-refractivity contribution is 5.44. The molecule has 4 heteroatoms. The summed E-state index contributed by atoms with van der Waals surface area (Å²) in [4.78, 5) is 0. The maximum absolute atomic E-state index is 12.8. The van der Waals surface area contributed by atoms with Crippen molar-refractivity contribution in [3.8, 4) is 11.5 Å². The lowest BCUT2D eigenvalue weighted by molar-refractivity contribution is -0.138. The molecule has 0 aliphatic carbocycles. The summed E-state index contributed by atoms with van der Waals surface area (Å²) in [6.45, 7) is 3.69. The lowest BCUT2D eigenvalue weighted by Crippen LogP contribution is -2.07. The minimum atomic E-state index is -4.48. The topological polar surface area (TPSA) is 9.23 Å². The number of ether oxygens (including phenoxy) is 1. The van der Waals surface area contributed by atoms with E-state index in [-0.39, 0.29) is 5.75 Å². The largest absolute Gasteiger partial charge is 0.456 e. The van der Waals surface area contributed by atoms with Crippen molar-refractivity contribution in [2.45, 2.75) is 20.0 Å². The number of hydrogen-bond donors (Lipinski definition) is 0. The normalized spacial score (nSPS) is 11.4. The van der Waals surface area contributed by atoms with Crippen molar-refractivity contribution in [2.75, 3.05) is 0 Å². The molecule has 2 rings (SSSR count). The van der Waals surface area contributed by atoms with Crippen molar-refractivity contribution in [3.05, 3.63) is 59.2 Å². The maximum atomic E-state index is 12.8. The van der Waals surface area contributed by atoms with Crippen LogP contribution < -0.4 is 4.74 Å². The molecular formula is C15H12F3O. The fourth-order valence-electron chi connectivity index (χ4n) is 1.68. The minimum Gasteiger partial charge on any atom is -0.456 e. The maximum Gasteiger partial charge on any atom is 0.420 e. The molecule has 1 nitrogen and oxygen atoms in total. The van der Waals surface area contributed by atoms with E-state index in [2.05, 4.69) is 6.07 Å². The van der Waals surface area contributed by atoms with E-state index in [0.717, 1.165) is 11.1 Å². The average Bonchev–Trinajstić information content (AvgIpc) is 2.34. The Labute approximate surface area is 109 Å².